The minimum absolute atomic E-state index is 0. The lowest BCUT2D eigenvalue weighted by molar-refractivity contribution is -0.120. The predicted molar refractivity (Wildman–Crippen MR) is 135 cm³/mol. The summed E-state index contributed by atoms with van der Waals surface area (Å²) in [6.45, 7) is 1.23. The molecule has 1 aromatic heterocycles. The number of benzene rings is 2. The van der Waals surface area contributed by atoms with Gasteiger partial charge in [0.05, 0.1) is 19.4 Å². The Morgan fingerprint density at radius 3 is 2.10 bits per heavy atom. The number of rotatable bonds is 9. The Kier molecular flexibility index (Phi) is 10.6. The van der Waals surface area contributed by atoms with Crippen LogP contribution in [0.2, 0.25) is 0 Å². The Labute approximate surface area is 200 Å². The number of aliphatic imine (C=N–C) groups is 1. The molecule has 0 aliphatic rings. The van der Waals surface area contributed by atoms with Crippen LogP contribution in [0.15, 0.2) is 88.5 Å². The van der Waals surface area contributed by atoms with Gasteiger partial charge in [-0.1, -0.05) is 60.7 Å². The Bertz CT molecular complexity index is 876. The zero-order valence-corrected chi connectivity index (χ0v) is 19.9. The van der Waals surface area contributed by atoms with Crippen LogP contribution in [0.3, 0.4) is 0 Å². The summed E-state index contributed by atoms with van der Waals surface area (Å²) in [4.78, 5) is 16.2. The number of nitrogens with zero attached hydrogens (tertiary/aromatic N) is 1. The topological polar surface area (TPSA) is 78.7 Å². The molecule has 3 N–H and O–H groups in total. The first-order chi connectivity index (χ1) is 14.8. The van der Waals surface area contributed by atoms with E-state index >= 15 is 0 Å². The van der Waals surface area contributed by atoms with Crippen molar-refractivity contribution in [3.63, 3.8) is 0 Å². The van der Waals surface area contributed by atoms with Crippen molar-refractivity contribution in [3.05, 3.63) is 95.9 Å². The van der Waals surface area contributed by atoms with E-state index in [0.717, 1.165) is 18.7 Å². The van der Waals surface area contributed by atoms with Gasteiger partial charge < -0.3 is 20.4 Å². The van der Waals surface area contributed by atoms with Crippen LogP contribution >= 0.6 is 24.0 Å². The molecule has 6 nitrogen and oxygen atoms in total. The lowest BCUT2D eigenvalue weighted by Crippen LogP contribution is -2.43. The van der Waals surface area contributed by atoms with Crippen LogP contribution in [0.1, 0.15) is 29.2 Å². The van der Waals surface area contributed by atoms with Crippen LogP contribution in [0.5, 0.6) is 0 Å². The van der Waals surface area contributed by atoms with Gasteiger partial charge in [0, 0.05) is 19.5 Å². The fourth-order valence-corrected chi connectivity index (χ4v) is 3.28. The third-order valence-corrected chi connectivity index (χ3v) is 4.81. The maximum atomic E-state index is 12.0. The van der Waals surface area contributed by atoms with Gasteiger partial charge in [-0.2, -0.15) is 0 Å². The number of carbonyl (C=O) groups is 1. The first kappa shape index (κ1) is 24.5. The molecule has 0 radical (unpaired) electrons. The average molecular weight is 532 g/mol. The van der Waals surface area contributed by atoms with E-state index < -0.39 is 0 Å². The molecule has 3 rings (SSSR count). The third kappa shape index (κ3) is 8.09. The highest BCUT2D eigenvalue weighted by Crippen LogP contribution is 2.27. The third-order valence-electron chi connectivity index (χ3n) is 4.81. The fraction of sp³-hybridized carbons (Fsp3) is 0.250. The number of amides is 1. The maximum absolute atomic E-state index is 12.0. The molecule has 0 unspecified atom stereocenters. The Balaban J connectivity index is 0.00000341. The summed E-state index contributed by atoms with van der Waals surface area (Å²) in [5.74, 6) is 1.48. The quantitative estimate of drug-likeness (QED) is 0.222. The van der Waals surface area contributed by atoms with Crippen LogP contribution in [0.25, 0.3) is 0 Å². The SMILES string of the molecule is CN=C(NCCC(c1ccccc1)c1ccccc1)NCC(=O)NCc1ccco1.I. The molecule has 0 aliphatic heterocycles. The van der Waals surface area contributed by atoms with E-state index in [4.69, 9.17) is 4.42 Å². The second kappa shape index (κ2) is 13.5. The second-order valence-corrected chi connectivity index (χ2v) is 6.87. The number of nitrogens with one attached hydrogen (secondary N) is 3. The second-order valence-electron chi connectivity index (χ2n) is 6.87. The molecule has 0 bridgehead atoms. The van der Waals surface area contributed by atoms with Crippen molar-refractivity contribution >= 4 is 35.8 Å². The zero-order valence-electron chi connectivity index (χ0n) is 17.6. The highest BCUT2D eigenvalue weighted by atomic mass is 127. The molecular formula is C24H29IN4O2. The number of hydrogen-bond acceptors (Lipinski definition) is 3. The van der Waals surface area contributed by atoms with Gasteiger partial charge in [0.2, 0.25) is 5.91 Å². The summed E-state index contributed by atoms with van der Waals surface area (Å²) in [5, 5.41) is 9.16. The predicted octanol–water partition coefficient (Wildman–Crippen LogP) is 3.90. The van der Waals surface area contributed by atoms with E-state index in [-0.39, 0.29) is 42.3 Å². The van der Waals surface area contributed by atoms with Gasteiger partial charge in [0.15, 0.2) is 5.96 Å². The zero-order chi connectivity index (χ0) is 21.0. The van der Waals surface area contributed by atoms with Gasteiger partial charge in [-0.15, -0.1) is 24.0 Å². The summed E-state index contributed by atoms with van der Waals surface area (Å²) < 4.78 is 5.21. The van der Waals surface area contributed by atoms with Crippen molar-refractivity contribution in [1.29, 1.82) is 0 Å². The van der Waals surface area contributed by atoms with Crippen molar-refractivity contribution in [2.75, 3.05) is 20.1 Å². The summed E-state index contributed by atoms with van der Waals surface area (Å²) in [5.41, 5.74) is 2.57. The molecule has 7 heteroatoms. The molecular weight excluding hydrogens is 503 g/mol. The van der Waals surface area contributed by atoms with E-state index in [1.807, 2.05) is 18.2 Å². The first-order valence-electron chi connectivity index (χ1n) is 10.1. The van der Waals surface area contributed by atoms with Crippen LogP contribution in [0, 0.1) is 0 Å². The largest absolute Gasteiger partial charge is 0.467 e. The molecule has 0 atom stereocenters. The van der Waals surface area contributed by atoms with Crippen molar-refractivity contribution in [3.8, 4) is 0 Å². The summed E-state index contributed by atoms with van der Waals surface area (Å²) in [7, 11) is 1.70. The lowest BCUT2D eigenvalue weighted by atomic mass is 9.88. The number of guanidine groups is 1. The number of furan rings is 1. The maximum Gasteiger partial charge on any atom is 0.239 e. The van der Waals surface area contributed by atoms with E-state index in [2.05, 4.69) is 69.5 Å². The molecule has 1 amide bonds. The monoisotopic (exact) mass is 532 g/mol. The van der Waals surface area contributed by atoms with Crippen LogP contribution < -0.4 is 16.0 Å². The standard InChI is InChI=1S/C24H28N4O2.HI/c1-25-24(28-18-23(29)27-17-21-13-8-16-30-21)26-15-14-22(19-9-4-2-5-10-19)20-11-6-3-7-12-20;/h2-13,16,22H,14-15,17-18H2,1H3,(H,27,29)(H2,25,26,28);1H. The van der Waals surface area contributed by atoms with Gasteiger partial charge in [0.25, 0.3) is 0 Å². The van der Waals surface area contributed by atoms with Gasteiger partial charge in [-0.25, -0.2) is 0 Å². The van der Waals surface area contributed by atoms with E-state index in [0.29, 0.717) is 12.5 Å². The smallest absolute Gasteiger partial charge is 0.239 e. The van der Waals surface area contributed by atoms with E-state index in [1.165, 1.54) is 11.1 Å². The Hall–Kier alpha value is -2.81. The number of halogens is 1. The van der Waals surface area contributed by atoms with Crippen molar-refractivity contribution in [2.24, 2.45) is 4.99 Å². The summed E-state index contributed by atoms with van der Waals surface area (Å²) in [6.07, 6.45) is 2.49. The molecule has 31 heavy (non-hydrogen) atoms. The van der Waals surface area contributed by atoms with E-state index in [1.54, 1.807) is 19.4 Å². The Morgan fingerprint density at radius 2 is 1.55 bits per heavy atom. The fourth-order valence-electron chi connectivity index (χ4n) is 3.28. The summed E-state index contributed by atoms with van der Waals surface area (Å²) in [6, 6.07) is 24.6. The minimum Gasteiger partial charge on any atom is -0.467 e. The number of hydrogen-bond donors (Lipinski definition) is 3. The molecule has 0 saturated heterocycles. The minimum atomic E-state index is -0.124. The van der Waals surface area contributed by atoms with Crippen molar-refractivity contribution in [1.82, 2.24) is 16.0 Å². The highest BCUT2D eigenvalue weighted by Gasteiger charge is 2.14. The van der Waals surface area contributed by atoms with Gasteiger partial charge >= 0.3 is 0 Å². The van der Waals surface area contributed by atoms with Crippen LogP contribution in [-0.2, 0) is 11.3 Å². The normalized spacial score (nSPS) is 11.0. The van der Waals surface area contributed by atoms with Crippen molar-refractivity contribution in [2.45, 2.75) is 18.9 Å². The molecule has 0 aliphatic carbocycles. The molecule has 3 aromatic rings. The summed E-state index contributed by atoms with van der Waals surface area (Å²) >= 11 is 0. The average Bonchev–Trinajstić information content (AvgIpc) is 3.32. The van der Waals surface area contributed by atoms with Crippen LogP contribution in [-0.4, -0.2) is 32.0 Å². The molecule has 1 heterocycles. The molecule has 0 spiro atoms. The van der Waals surface area contributed by atoms with Crippen molar-refractivity contribution < 1.29 is 9.21 Å². The molecule has 0 saturated carbocycles. The molecule has 2 aromatic carbocycles. The highest BCUT2D eigenvalue weighted by molar-refractivity contribution is 14.0. The Morgan fingerprint density at radius 1 is 0.903 bits per heavy atom. The number of carbonyl (C=O) groups excluding carboxylic acids is 1. The molecule has 164 valence electrons. The first-order valence-corrected chi connectivity index (χ1v) is 10.1. The van der Waals surface area contributed by atoms with E-state index in [9.17, 15) is 4.79 Å². The van der Waals surface area contributed by atoms with Gasteiger partial charge in [0.1, 0.15) is 5.76 Å². The lowest BCUT2D eigenvalue weighted by Gasteiger charge is -2.19. The van der Waals surface area contributed by atoms with Gasteiger partial charge in [-0.3, -0.25) is 9.79 Å². The van der Waals surface area contributed by atoms with Crippen LogP contribution in [0.4, 0.5) is 0 Å². The molecule has 0 fully saturated rings. The van der Waals surface area contributed by atoms with Gasteiger partial charge in [-0.05, 0) is 29.7 Å².